The number of hydrogen-bond acceptors (Lipinski definition) is 7. The Labute approximate surface area is 338 Å². The molecule has 0 aromatic heterocycles. The van der Waals surface area contributed by atoms with Gasteiger partial charge in [-0.1, -0.05) is 158 Å². The lowest BCUT2D eigenvalue weighted by molar-refractivity contribution is -0.154. The van der Waals surface area contributed by atoms with Gasteiger partial charge in [0.1, 0.15) is 6.10 Å². The SMILES string of the molecule is CCCCC/C=C\C/C=C\C/C=C\CCCCCCCCC(=O)OC(COCCCCCCCC/C=C\C/C=C\CCCCCC)COP(=O)(O)OCCN. The molecule has 0 saturated carbocycles. The first-order chi connectivity index (χ1) is 26.9. The van der Waals surface area contributed by atoms with Gasteiger partial charge in [-0.05, 0) is 83.5 Å². The van der Waals surface area contributed by atoms with Crippen LogP contribution in [0.15, 0.2) is 60.8 Å². The van der Waals surface area contributed by atoms with E-state index in [2.05, 4.69) is 74.6 Å². The molecule has 0 spiro atoms. The van der Waals surface area contributed by atoms with Gasteiger partial charge in [-0.25, -0.2) is 4.57 Å². The van der Waals surface area contributed by atoms with Crippen molar-refractivity contribution in [3.63, 3.8) is 0 Å². The Bertz CT molecular complexity index is 1030. The van der Waals surface area contributed by atoms with Crippen LogP contribution in [0.1, 0.15) is 187 Å². The van der Waals surface area contributed by atoms with Crippen molar-refractivity contribution in [2.75, 3.05) is 33.0 Å². The summed E-state index contributed by atoms with van der Waals surface area (Å²) in [7, 11) is -4.29. The molecule has 2 unspecified atom stereocenters. The van der Waals surface area contributed by atoms with Gasteiger partial charge < -0.3 is 20.1 Å². The molecule has 320 valence electrons. The molecule has 0 aliphatic carbocycles. The van der Waals surface area contributed by atoms with Gasteiger partial charge in [0, 0.05) is 19.6 Å². The summed E-state index contributed by atoms with van der Waals surface area (Å²) in [5.41, 5.74) is 5.37. The third-order valence-electron chi connectivity index (χ3n) is 9.16. The average molecular weight is 794 g/mol. The molecule has 0 heterocycles. The monoisotopic (exact) mass is 794 g/mol. The molecule has 0 rings (SSSR count). The number of allylic oxidation sites excluding steroid dienone is 10. The summed E-state index contributed by atoms with van der Waals surface area (Å²) < 4.78 is 33.4. The maximum absolute atomic E-state index is 12.6. The minimum atomic E-state index is -4.29. The van der Waals surface area contributed by atoms with Gasteiger partial charge >= 0.3 is 13.8 Å². The molecule has 0 radical (unpaired) electrons. The third kappa shape index (κ3) is 43.2. The molecule has 2 atom stereocenters. The Hall–Kier alpha value is -1.80. The summed E-state index contributed by atoms with van der Waals surface area (Å²) in [6.07, 6.45) is 52.3. The fourth-order valence-electron chi connectivity index (χ4n) is 5.86. The van der Waals surface area contributed by atoms with E-state index in [0.717, 1.165) is 77.0 Å². The second-order valence-corrected chi connectivity index (χ2v) is 16.0. The van der Waals surface area contributed by atoms with Crippen molar-refractivity contribution in [1.82, 2.24) is 0 Å². The number of rotatable bonds is 42. The molecule has 0 aromatic carbocycles. The summed E-state index contributed by atoms with van der Waals surface area (Å²) >= 11 is 0. The van der Waals surface area contributed by atoms with Gasteiger partial charge in [0.25, 0.3) is 0 Å². The molecule has 0 amide bonds. The van der Waals surface area contributed by atoms with E-state index in [1.165, 1.54) is 89.9 Å². The van der Waals surface area contributed by atoms with Gasteiger partial charge in [0.05, 0.1) is 19.8 Å². The van der Waals surface area contributed by atoms with Crippen molar-refractivity contribution < 1.29 is 32.8 Å². The minimum absolute atomic E-state index is 0.0935. The van der Waals surface area contributed by atoms with E-state index in [1.807, 2.05) is 0 Å². The van der Waals surface area contributed by atoms with Crippen LogP contribution in [0, 0.1) is 0 Å². The lowest BCUT2D eigenvalue weighted by Gasteiger charge is -2.20. The van der Waals surface area contributed by atoms with Gasteiger partial charge in [-0.3, -0.25) is 13.8 Å². The van der Waals surface area contributed by atoms with Crippen LogP contribution in [-0.2, 0) is 27.9 Å². The second-order valence-electron chi connectivity index (χ2n) is 14.6. The van der Waals surface area contributed by atoms with E-state index < -0.39 is 13.9 Å². The summed E-state index contributed by atoms with van der Waals surface area (Å²) in [4.78, 5) is 22.5. The Kier molecular flexibility index (Phi) is 41.9. The number of esters is 1. The van der Waals surface area contributed by atoms with Gasteiger partial charge in [-0.15, -0.1) is 0 Å². The quantitative estimate of drug-likeness (QED) is 0.0271. The van der Waals surface area contributed by atoms with Crippen LogP contribution in [0.2, 0.25) is 0 Å². The smallest absolute Gasteiger partial charge is 0.457 e. The van der Waals surface area contributed by atoms with Crippen molar-refractivity contribution in [2.24, 2.45) is 5.73 Å². The molecule has 0 aromatic rings. The molecule has 0 aliphatic heterocycles. The van der Waals surface area contributed by atoms with Crippen molar-refractivity contribution in [3.05, 3.63) is 60.8 Å². The third-order valence-corrected chi connectivity index (χ3v) is 10.1. The molecular weight excluding hydrogens is 709 g/mol. The Balaban J connectivity index is 4.08. The van der Waals surface area contributed by atoms with Crippen molar-refractivity contribution in [1.29, 1.82) is 0 Å². The van der Waals surface area contributed by atoms with Crippen LogP contribution in [0.3, 0.4) is 0 Å². The fourth-order valence-corrected chi connectivity index (χ4v) is 6.62. The van der Waals surface area contributed by atoms with Gasteiger partial charge in [0.2, 0.25) is 0 Å². The Morgan fingerprint density at radius 1 is 0.545 bits per heavy atom. The zero-order valence-corrected chi connectivity index (χ0v) is 36.3. The van der Waals surface area contributed by atoms with Crippen molar-refractivity contribution in [2.45, 2.75) is 193 Å². The van der Waals surface area contributed by atoms with Crippen LogP contribution in [0.5, 0.6) is 0 Å². The fraction of sp³-hybridized carbons (Fsp3) is 0.761. The van der Waals surface area contributed by atoms with Crippen LogP contribution >= 0.6 is 7.82 Å². The highest BCUT2D eigenvalue weighted by atomic mass is 31.2. The molecule has 0 saturated heterocycles. The number of phosphoric acid groups is 1. The first-order valence-electron chi connectivity index (χ1n) is 22.3. The van der Waals surface area contributed by atoms with Crippen molar-refractivity contribution in [3.8, 4) is 0 Å². The maximum atomic E-state index is 12.6. The highest BCUT2D eigenvalue weighted by Gasteiger charge is 2.25. The normalized spacial score (nSPS) is 14.0. The maximum Gasteiger partial charge on any atom is 0.472 e. The van der Waals surface area contributed by atoms with E-state index >= 15 is 0 Å². The Morgan fingerprint density at radius 2 is 0.964 bits per heavy atom. The number of nitrogens with two attached hydrogens (primary N) is 1. The lowest BCUT2D eigenvalue weighted by atomic mass is 10.1. The largest absolute Gasteiger partial charge is 0.472 e. The zero-order valence-electron chi connectivity index (χ0n) is 35.4. The number of phosphoric ester groups is 1. The second kappa shape index (κ2) is 43.3. The minimum Gasteiger partial charge on any atom is -0.457 e. The van der Waals surface area contributed by atoms with E-state index in [-0.39, 0.29) is 32.3 Å². The summed E-state index contributed by atoms with van der Waals surface area (Å²) in [5, 5.41) is 0. The Morgan fingerprint density at radius 3 is 1.47 bits per heavy atom. The molecule has 55 heavy (non-hydrogen) atoms. The standard InChI is InChI=1S/C46H84NO7P/c1-3-5-7-9-11-13-15-17-19-21-22-23-25-27-29-31-33-35-37-39-46(48)54-45(44-53-55(49,50)52-42-40-47)43-51-41-38-36-34-32-30-28-26-24-20-18-16-14-12-10-8-6-4-2/h11,13-14,16-17,19-20,22-24,45H,3-10,12,15,18,21,25-44,47H2,1-2H3,(H,49,50)/b13-11-,16-14-,19-17-,23-22-,24-20-. The topological polar surface area (TPSA) is 117 Å². The zero-order chi connectivity index (χ0) is 40.2. The highest BCUT2D eigenvalue weighted by molar-refractivity contribution is 7.47. The van der Waals surface area contributed by atoms with E-state index in [0.29, 0.717) is 13.0 Å². The van der Waals surface area contributed by atoms with E-state index in [1.54, 1.807) is 0 Å². The lowest BCUT2D eigenvalue weighted by Crippen LogP contribution is -2.28. The number of ether oxygens (including phenoxy) is 2. The summed E-state index contributed by atoms with van der Waals surface area (Å²) in [6, 6.07) is 0. The molecule has 0 aliphatic rings. The predicted octanol–water partition coefficient (Wildman–Crippen LogP) is 13.4. The average Bonchev–Trinajstić information content (AvgIpc) is 3.17. The first-order valence-corrected chi connectivity index (χ1v) is 23.8. The van der Waals surface area contributed by atoms with E-state index in [4.69, 9.17) is 24.3 Å². The number of carbonyl (C=O) groups is 1. The summed E-state index contributed by atoms with van der Waals surface area (Å²) in [6.45, 7) is 4.83. The van der Waals surface area contributed by atoms with Crippen molar-refractivity contribution >= 4 is 13.8 Å². The number of carbonyl (C=O) groups excluding carboxylic acids is 1. The predicted molar refractivity (Wildman–Crippen MR) is 233 cm³/mol. The summed E-state index contributed by atoms with van der Waals surface area (Å²) in [5.74, 6) is -0.348. The highest BCUT2D eigenvalue weighted by Crippen LogP contribution is 2.43. The molecule has 8 nitrogen and oxygen atoms in total. The molecule has 3 N–H and O–H groups in total. The van der Waals surface area contributed by atoms with Crippen LogP contribution < -0.4 is 5.73 Å². The van der Waals surface area contributed by atoms with E-state index in [9.17, 15) is 14.3 Å². The molecule has 0 bridgehead atoms. The number of hydrogen-bond donors (Lipinski definition) is 2. The van der Waals surface area contributed by atoms with Gasteiger partial charge in [-0.2, -0.15) is 0 Å². The van der Waals surface area contributed by atoms with Crippen LogP contribution in [-0.4, -0.2) is 49.9 Å². The molecule has 9 heteroatoms. The van der Waals surface area contributed by atoms with Crippen LogP contribution in [0.25, 0.3) is 0 Å². The van der Waals surface area contributed by atoms with Crippen LogP contribution in [0.4, 0.5) is 0 Å². The molecule has 0 fully saturated rings. The number of unbranched alkanes of at least 4 members (excludes halogenated alkanes) is 19. The van der Waals surface area contributed by atoms with Gasteiger partial charge in [0.15, 0.2) is 0 Å². The molecular formula is C46H84NO7P. The first kappa shape index (κ1) is 53.2.